The Morgan fingerprint density at radius 3 is 1.12 bits per heavy atom. The number of ether oxygens (including phenoxy) is 2. The van der Waals surface area contributed by atoms with E-state index in [9.17, 15) is 19.2 Å². The van der Waals surface area contributed by atoms with Crippen LogP contribution in [0.1, 0.15) is 34.6 Å². The van der Waals surface area contributed by atoms with E-state index in [0.29, 0.717) is 0 Å². The predicted molar refractivity (Wildman–Crippen MR) is 84.1 cm³/mol. The van der Waals surface area contributed by atoms with Crippen molar-refractivity contribution in [3.05, 3.63) is 59.7 Å². The van der Waals surface area contributed by atoms with E-state index < -0.39 is 23.9 Å². The molecule has 0 amide bonds. The molecule has 0 heterocycles. The SMILES string of the molecule is CC(=O)OC(=O)c1ccc(-c2ccc(C(=O)OC(C)=O)cc2)cc1. The van der Waals surface area contributed by atoms with Crippen molar-refractivity contribution in [2.45, 2.75) is 13.8 Å². The number of hydrogen-bond acceptors (Lipinski definition) is 6. The van der Waals surface area contributed by atoms with Gasteiger partial charge in [-0.05, 0) is 35.4 Å². The highest BCUT2D eigenvalue weighted by atomic mass is 16.6. The van der Waals surface area contributed by atoms with Gasteiger partial charge in [0.1, 0.15) is 0 Å². The molecule has 24 heavy (non-hydrogen) atoms. The van der Waals surface area contributed by atoms with Crippen LogP contribution in [0.5, 0.6) is 0 Å². The molecular weight excluding hydrogens is 312 g/mol. The zero-order chi connectivity index (χ0) is 17.7. The molecule has 2 aromatic carbocycles. The lowest BCUT2D eigenvalue weighted by Crippen LogP contribution is -2.09. The smallest absolute Gasteiger partial charge is 0.345 e. The quantitative estimate of drug-likeness (QED) is 0.637. The van der Waals surface area contributed by atoms with E-state index in [1.54, 1.807) is 48.5 Å². The fraction of sp³-hybridized carbons (Fsp3) is 0.111. The van der Waals surface area contributed by atoms with Gasteiger partial charge in [0.05, 0.1) is 11.1 Å². The first-order valence-corrected chi connectivity index (χ1v) is 7.03. The van der Waals surface area contributed by atoms with Gasteiger partial charge in [0.25, 0.3) is 0 Å². The molecule has 0 unspecified atom stereocenters. The monoisotopic (exact) mass is 326 g/mol. The van der Waals surface area contributed by atoms with E-state index in [-0.39, 0.29) is 11.1 Å². The summed E-state index contributed by atoms with van der Waals surface area (Å²) in [4.78, 5) is 44.7. The van der Waals surface area contributed by atoms with Gasteiger partial charge < -0.3 is 9.47 Å². The molecule has 0 spiro atoms. The molecule has 6 nitrogen and oxygen atoms in total. The maximum atomic E-state index is 11.6. The van der Waals surface area contributed by atoms with Crippen LogP contribution >= 0.6 is 0 Å². The van der Waals surface area contributed by atoms with Crippen molar-refractivity contribution in [3.63, 3.8) is 0 Å². The molecule has 6 heteroatoms. The highest BCUT2D eigenvalue weighted by molar-refractivity contribution is 5.97. The Bertz CT molecular complexity index is 718. The summed E-state index contributed by atoms with van der Waals surface area (Å²) in [6.45, 7) is 2.32. The van der Waals surface area contributed by atoms with E-state index in [2.05, 4.69) is 9.47 Å². The number of esters is 4. The molecule has 2 aromatic rings. The Morgan fingerprint density at radius 1 is 0.583 bits per heavy atom. The van der Waals surface area contributed by atoms with Gasteiger partial charge in [0.2, 0.25) is 0 Å². The van der Waals surface area contributed by atoms with Crippen molar-refractivity contribution in [2.75, 3.05) is 0 Å². The predicted octanol–water partition coefficient (Wildman–Crippen LogP) is 2.76. The summed E-state index contributed by atoms with van der Waals surface area (Å²) in [5.74, 6) is -2.76. The van der Waals surface area contributed by atoms with E-state index >= 15 is 0 Å². The third-order valence-corrected chi connectivity index (χ3v) is 3.05. The zero-order valence-corrected chi connectivity index (χ0v) is 13.1. The van der Waals surface area contributed by atoms with Crippen LogP contribution in [0.15, 0.2) is 48.5 Å². The number of carbonyl (C=O) groups excluding carboxylic acids is 4. The minimum atomic E-state index is -0.712. The summed E-state index contributed by atoms with van der Waals surface area (Å²) in [6, 6.07) is 12.9. The first kappa shape index (κ1) is 17.1. The van der Waals surface area contributed by atoms with E-state index in [4.69, 9.17) is 0 Å². The van der Waals surface area contributed by atoms with E-state index in [1.165, 1.54) is 0 Å². The van der Waals surface area contributed by atoms with Crippen LogP contribution in [0.2, 0.25) is 0 Å². The first-order valence-electron chi connectivity index (χ1n) is 7.03. The van der Waals surface area contributed by atoms with E-state index in [0.717, 1.165) is 25.0 Å². The molecule has 0 fully saturated rings. The van der Waals surface area contributed by atoms with Crippen LogP contribution in [-0.2, 0) is 19.1 Å². The van der Waals surface area contributed by atoms with Gasteiger partial charge in [-0.2, -0.15) is 0 Å². The van der Waals surface area contributed by atoms with Crippen LogP contribution in [0.4, 0.5) is 0 Å². The molecule has 122 valence electrons. The van der Waals surface area contributed by atoms with Gasteiger partial charge in [-0.25, -0.2) is 9.59 Å². The standard InChI is InChI=1S/C18H14O6/c1-11(19)23-17(21)15-7-3-13(4-8-15)14-5-9-16(10-6-14)18(22)24-12(2)20/h3-10H,1-2H3. The fourth-order valence-electron chi connectivity index (χ4n) is 1.98. The van der Waals surface area contributed by atoms with Crippen LogP contribution in [-0.4, -0.2) is 23.9 Å². The van der Waals surface area contributed by atoms with Crippen molar-refractivity contribution in [3.8, 4) is 11.1 Å². The molecule has 0 aliphatic heterocycles. The molecule has 0 saturated carbocycles. The number of benzene rings is 2. The Balaban J connectivity index is 2.14. The summed E-state index contributed by atoms with van der Waals surface area (Å²) < 4.78 is 9.00. The molecule has 0 aromatic heterocycles. The molecule has 2 rings (SSSR count). The lowest BCUT2D eigenvalue weighted by atomic mass is 10.0. The fourth-order valence-corrected chi connectivity index (χ4v) is 1.98. The first-order chi connectivity index (χ1) is 11.4. The van der Waals surface area contributed by atoms with Crippen molar-refractivity contribution in [2.24, 2.45) is 0 Å². The lowest BCUT2D eigenvalue weighted by molar-refractivity contribution is -0.136. The molecule has 0 bridgehead atoms. The molecule has 0 atom stereocenters. The summed E-state index contributed by atoms with van der Waals surface area (Å²) in [6.07, 6.45) is 0. The van der Waals surface area contributed by atoms with Gasteiger partial charge in [-0.15, -0.1) is 0 Å². The molecule has 0 aliphatic carbocycles. The van der Waals surface area contributed by atoms with Crippen LogP contribution in [0.25, 0.3) is 11.1 Å². The number of rotatable bonds is 3. The van der Waals surface area contributed by atoms with Crippen LogP contribution in [0.3, 0.4) is 0 Å². The highest BCUT2D eigenvalue weighted by Gasteiger charge is 2.11. The molecule has 0 aliphatic rings. The second kappa shape index (κ2) is 7.32. The largest absolute Gasteiger partial charge is 0.390 e. The third kappa shape index (κ3) is 4.36. The minimum Gasteiger partial charge on any atom is -0.390 e. The summed E-state index contributed by atoms with van der Waals surface area (Å²) in [5.41, 5.74) is 2.13. The van der Waals surface area contributed by atoms with Crippen LogP contribution < -0.4 is 0 Å². The Hall–Kier alpha value is -3.28. The minimum absolute atomic E-state index is 0.260. The lowest BCUT2D eigenvalue weighted by Gasteiger charge is -2.05. The van der Waals surface area contributed by atoms with Crippen molar-refractivity contribution in [1.82, 2.24) is 0 Å². The topological polar surface area (TPSA) is 86.7 Å². The van der Waals surface area contributed by atoms with Gasteiger partial charge in [-0.1, -0.05) is 24.3 Å². The van der Waals surface area contributed by atoms with E-state index in [1.807, 2.05) is 0 Å². The molecule has 0 saturated heterocycles. The number of carbonyl (C=O) groups is 4. The summed E-state index contributed by atoms with van der Waals surface area (Å²) >= 11 is 0. The van der Waals surface area contributed by atoms with Crippen molar-refractivity contribution < 1.29 is 28.7 Å². The Labute approximate surface area is 138 Å². The van der Waals surface area contributed by atoms with Gasteiger partial charge in [0, 0.05) is 13.8 Å². The normalized spacial score (nSPS) is 9.92. The molecule has 0 radical (unpaired) electrons. The summed E-state index contributed by atoms with van der Waals surface area (Å²) in [7, 11) is 0. The number of hydrogen-bond donors (Lipinski definition) is 0. The maximum absolute atomic E-state index is 11.6. The van der Waals surface area contributed by atoms with Crippen molar-refractivity contribution >= 4 is 23.9 Å². The average Bonchev–Trinajstić information content (AvgIpc) is 2.54. The van der Waals surface area contributed by atoms with Gasteiger partial charge >= 0.3 is 23.9 Å². The maximum Gasteiger partial charge on any atom is 0.345 e. The zero-order valence-electron chi connectivity index (χ0n) is 13.1. The molecule has 0 N–H and O–H groups in total. The second-order valence-corrected chi connectivity index (χ2v) is 4.92. The second-order valence-electron chi connectivity index (χ2n) is 4.92. The van der Waals surface area contributed by atoms with Crippen LogP contribution in [0, 0.1) is 0 Å². The van der Waals surface area contributed by atoms with Gasteiger partial charge in [-0.3, -0.25) is 9.59 Å². The van der Waals surface area contributed by atoms with Crippen molar-refractivity contribution in [1.29, 1.82) is 0 Å². The highest BCUT2D eigenvalue weighted by Crippen LogP contribution is 2.21. The summed E-state index contributed by atoms with van der Waals surface area (Å²) in [5, 5.41) is 0. The molecular formula is C18H14O6. The Kier molecular flexibility index (Phi) is 5.21. The van der Waals surface area contributed by atoms with Gasteiger partial charge in [0.15, 0.2) is 0 Å². The Morgan fingerprint density at radius 2 is 0.875 bits per heavy atom. The third-order valence-electron chi connectivity index (χ3n) is 3.05. The average molecular weight is 326 g/mol.